The van der Waals surface area contributed by atoms with Crippen LogP contribution in [0.25, 0.3) is 0 Å². The van der Waals surface area contributed by atoms with Gasteiger partial charge in [0, 0.05) is 62.5 Å². The number of hydrogen-bond donors (Lipinski definition) is 1. The van der Waals surface area contributed by atoms with Gasteiger partial charge in [-0.3, -0.25) is 9.89 Å². The summed E-state index contributed by atoms with van der Waals surface area (Å²) in [6.45, 7) is 16.7. The summed E-state index contributed by atoms with van der Waals surface area (Å²) in [4.78, 5) is 14.0. The predicted octanol–water partition coefficient (Wildman–Crippen LogP) is 3.71. The van der Waals surface area contributed by atoms with E-state index in [-0.39, 0.29) is 24.0 Å². The van der Waals surface area contributed by atoms with Crippen molar-refractivity contribution in [2.45, 2.75) is 38.1 Å². The lowest BCUT2D eigenvalue weighted by Crippen LogP contribution is -2.50. The molecule has 170 valence electrons. The molecule has 0 spiro atoms. The summed E-state index contributed by atoms with van der Waals surface area (Å²) in [6.07, 6.45) is 1.26. The molecule has 2 atom stereocenters. The molecule has 1 aromatic rings. The standard InChI is InChI=1S/C23H39N5S.HI/c1-4-24-23(25-17-20(3)27-15-13-26(5-2)14-16-27)28-12-11-21(18-28)19-29-22-9-7-6-8-10-22;/h6-10,20-21H,4-5,11-19H2,1-3H3,(H,24,25);1H. The van der Waals surface area contributed by atoms with Crippen LogP contribution < -0.4 is 5.32 Å². The summed E-state index contributed by atoms with van der Waals surface area (Å²) in [6, 6.07) is 11.3. The zero-order valence-electron chi connectivity index (χ0n) is 18.9. The average Bonchev–Trinajstić information content (AvgIpc) is 3.24. The predicted molar refractivity (Wildman–Crippen MR) is 141 cm³/mol. The second-order valence-electron chi connectivity index (χ2n) is 8.24. The molecule has 5 nitrogen and oxygen atoms in total. The molecule has 0 amide bonds. The van der Waals surface area contributed by atoms with Crippen molar-refractivity contribution in [3.8, 4) is 0 Å². The molecule has 0 radical (unpaired) electrons. The number of rotatable bonds is 8. The van der Waals surface area contributed by atoms with Crippen molar-refractivity contribution >= 4 is 41.7 Å². The van der Waals surface area contributed by atoms with Crippen molar-refractivity contribution in [3.05, 3.63) is 30.3 Å². The smallest absolute Gasteiger partial charge is 0.193 e. The topological polar surface area (TPSA) is 34.1 Å². The third-order valence-electron chi connectivity index (χ3n) is 6.13. The van der Waals surface area contributed by atoms with Crippen LogP contribution in [-0.4, -0.2) is 91.4 Å². The van der Waals surface area contributed by atoms with Gasteiger partial charge in [-0.15, -0.1) is 35.7 Å². The average molecular weight is 546 g/mol. The molecule has 0 bridgehead atoms. The van der Waals surface area contributed by atoms with E-state index >= 15 is 0 Å². The first-order valence-electron chi connectivity index (χ1n) is 11.4. The van der Waals surface area contributed by atoms with Crippen molar-refractivity contribution in [2.75, 3.05) is 64.7 Å². The van der Waals surface area contributed by atoms with Gasteiger partial charge in [-0.1, -0.05) is 25.1 Å². The van der Waals surface area contributed by atoms with Gasteiger partial charge in [-0.05, 0) is 44.9 Å². The molecule has 2 fully saturated rings. The van der Waals surface area contributed by atoms with E-state index in [9.17, 15) is 0 Å². The fourth-order valence-corrected chi connectivity index (χ4v) is 5.22. The number of hydrogen-bond acceptors (Lipinski definition) is 4. The second kappa shape index (κ2) is 13.8. The van der Waals surface area contributed by atoms with Crippen LogP contribution in [0.4, 0.5) is 0 Å². The quantitative estimate of drug-likeness (QED) is 0.233. The number of likely N-dealkylation sites (N-methyl/N-ethyl adjacent to an activating group) is 1. The van der Waals surface area contributed by atoms with Crippen molar-refractivity contribution in [1.82, 2.24) is 20.0 Å². The van der Waals surface area contributed by atoms with Crippen LogP contribution in [0, 0.1) is 5.92 Å². The Kier molecular flexibility index (Phi) is 11.8. The largest absolute Gasteiger partial charge is 0.357 e. The summed E-state index contributed by atoms with van der Waals surface area (Å²) in [5.74, 6) is 3.04. The van der Waals surface area contributed by atoms with Gasteiger partial charge in [0.1, 0.15) is 0 Å². The van der Waals surface area contributed by atoms with E-state index in [1.165, 1.54) is 49.8 Å². The molecule has 0 saturated carbocycles. The number of halogens is 1. The zero-order chi connectivity index (χ0) is 20.5. The minimum Gasteiger partial charge on any atom is -0.357 e. The Bertz CT molecular complexity index is 621. The highest BCUT2D eigenvalue weighted by atomic mass is 127. The molecule has 30 heavy (non-hydrogen) atoms. The van der Waals surface area contributed by atoms with Crippen LogP contribution in [0.1, 0.15) is 27.2 Å². The molecule has 2 heterocycles. The van der Waals surface area contributed by atoms with Crippen LogP contribution in [0.3, 0.4) is 0 Å². The number of aliphatic imine (C=N–C) groups is 1. The zero-order valence-corrected chi connectivity index (χ0v) is 22.1. The fourth-order valence-electron chi connectivity index (χ4n) is 4.17. The van der Waals surface area contributed by atoms with E-state index in [4.69, 9.17) is 4.99 Å². The van der Waals surface area contributed by atoms with E-state index in [0.29, 0.717) is 6.04 Å². The monoisotopic (exact) mass is 545 g/mol. The second-order valence-corrected chi connectivity index (χ2v) is 9.33. The van der Waals surface area contributed by atoms with E-state index in [0.717, 1.165) is 38.1 Å². The summed E-state index contributed by atoms with van der Waals surface area (Å²) >= 11 is 1.99. The van der Waals surface area contributed by atoms with Gasteiger partial charge >= 0.3 is 0 Å². The molecule has 0 aromatic heterocycles. The molecular weight excluding hydrogens is 505 g/mol. The number of nitrogens with one attached hydrogen (secondary N) is 1. The molecule has 3 rings (SSSR count). The molecule has 2 saturated heterocycles. The Labute approximate surface area is 205 Å². The molecular formula is C23H40IN5S. The van der Waals surface area contributed by atoms with E-state index in [1.54, 1.807) is 0 Å². The highest BCUT2D eigenvalue weighted by Crippen LogP contribution is 2.25. The normalized spacial score (nSPS) is 22.0. The molecule has 2 aliphatic rings. The number of likely N-dealkylation sites (tertiary alicyclic amines) is 1. The molecule has 1 N–H and O–H groups in total. The van der Waals surface area contributed by atoms with Crippen molar-refractivity contribution in [2.24, 2.45) is 10.9 Å². The van der Waals surface area contributed by atoms with Gasteiger partial charge in [0.05, 0.1) is 6.54 Å². The fraction of sp³-hybridized carbons (Fsp3) is 0.696. The number of benzene rings is 1. The van der Waals surface area contributed by atoms with Crippen molar-refractivity contribution in [1.29, 1.82) is 0 Å². The van der Waals surface area contributed by atoms with Crippen LogP contribution >= 0.6 is 35.7 Å². The van der Waals surface area contributed by atoms with Gasteiger partial charge in [-0.25, -0.2) is 0 Å². The van der Waals surface area contributed by atoms with E-state index < -0.39 is 0 Å². The third-order valence-corrected chi connectivity index (χ3v) is 7.38. The minimum atomic E-state index is 0. The van der Waals surface area contributed by atoms with E-state index in [2.05, 4.69) is 71.1 Å². The molecule has 7 heteroatoms. The highest BCUT2D eigenvalue weighted by molar-refractivity contribution is 14.0. The Morgan fingerprint density at radius 2 is 1.87 bits per heavy atom. The first-order valence-corrected chi connectivity index (χ1v) is 12.4. The Balaban J connectivity index is 0.00000320. The van der Waals surface area contributed by atoms with Crippen molar-refractivity contribution < 1.29 is 0 Å². The van der Waals surface area contributed by atoms with Gasteiger partial charge < -0.3 is 15.1 Å². The number of piperazine rings is 1. The first kappa shape index (κ1) is 25.7. The molecule has 2 aliphatic heterocycles. The summed E-state index contributed by atoms with van der Waals surface area (Å²) in [7, 11) is 0. The SMILES string of the molecule is CCNC(=NCC(C)N1CCN(CC)CC1)N1CCC(CSc2ccccc2)C1.I. The van der Waals surface area contributed by atoms with Crippen molar-refractivity contribution in [3.63, 3.8) is 0 Å². The third kappa shape index (κ3) is 7.88. The highest BCUT2D eigenvalue weighted by Gasteiger charge is 2.25. The summed E-state index contributed by atoms with van der Waals surface area (Å²) in [5, 5.41) is 3.54. The number of nitrogens with zero attached hydrogens (tertiary/aromatic N) is 4. The molecule has 0 aliphatic carbocycles. The Morgan fingerprint density at radius 1 is 1.13 bits per heavy atom. The summed E-state index contributed by atoms with van der Waals surface area (Å²) < 4.78 is 0. The van der Waals surface area contributed by atoms with Gasteiger partial charge in [0.25, 0.3) is 0 Å². The van der Waals surface area contributed by atoms with Gasteiger partial charge in [-0.2, -0.15) is 0 Å². The Morgan fingerprint density at radius 3 is 2.53 bits per heavy atom. The van der Waals surface area contributed by atoms with Gasteiger partial charge in [0.15, 0.2) is 5.96 Å². The van der Waals surface area contributed by atoms with E-state index in [1.807, 2.05) is 11.8 Å². The van der Waals surface area contributed by atoms with Gasteiger partial charge in [0.2, 0.25) is 0 Å². The number of thioether (sulfide) groups is 1. The van der Waals surface area contributed by atoms with Crippen LogP contribution in [0.5, 0.6) is 0 Å². The lowest BCUT2D eigenvalue weighted by Gasteiger charge is -2.37. The van der Waals surface area contributed by atoms with Crippen LogP contribution in [-0.2, 0) is 0 Å². The van der Waals surface area contributed by atoms with Crippen LogP contribution in [0.15, 0.2) is 40.2 Å². The number of guanidine groups is 1. The Hall–Kier alpha value is -0.510. The van der Waals surface area contributed by atoms with Crippen LogP contribution in [0.2, 0.25) is 0 Å². The molecule has 2 unspecified atom stereocenters. The molecule has 1 aromatic carbocycles. The maximum absolute atomic E-state index is 5.03. The summed E-state index contributed by atoms with van der Waals surface area (Å²) in [5.41, 5.74) is 0. The lowest BCUT2D eigenvalue weighted by molar-refractivity contribution is 0.109. The minimum absolute atomic E-state index is 0. The lowest BCUT2D eigenvalue weighted by atomic mass is 10.2. The maximum atomic E-state index is 5.03. The maximum Gasteiger partial charge on any atom is 0.193 e. The first-order chi connectivity index (χ1) is 14.2.